The van der Waals surface area contributed by atoms with Crippen molar-refractivity contribution in [3.63, 3.8) is 0 Å². The van der Waals surface area contributed by atoms with Crippen molar-refractivity contribution in [3.05, 3.63) is 10.6 Å². The Bertz CT molecular complexity index is 365. The second-order valence-corrected chi connectivity index (χ2v) is 6.24. The first-order chi connectivity index (χ1) is 8.15. The Labute approximate surface area is 108 Å². The van der Waals surface area contributed by atoms with Crippen molar-refractivity contribution in [2.24, 2.45) is 17.6 Å². The van der Waals surface area contributed by atoms with Gasteiger partial charge in [-0.15, -0.1) is 11.3 Å². The van der Waals surface area contributed by atoms with Gasteiger partial charge in [0.1, 0.15) is 0 Å². The summed E-state index contributed by atoms with van der Waals surface area (Å²) in [4.78, 5) is 8.49. The predicted molar refractivity (Wildman–Crippen MR) is 74.5 cm³/mol. The number of nitrogens with zero attached hydrogens (tertiary/aromatic N) is 2. The summed E-state index contributed by atoms with van der Waals surface area (Å²) in [6.07, 6.45) is 2.20. The molecule has 1 aliphatic rings. The highest BCUT2D eigenvalue weighted by Gasteiger charge is 2.28. The zero-order valence-electron chi connectivity index (χ0n) is 11.1. The van der Waals surface area contributed by atoms with Gasteiger partial charge >= 0.3 is 0 Å². The highest BCUT2D eigenvalue weighted by atomic mass is 32.1. The van der Waals surface area contributed by atoms with Gasteiger partial charge in [-0.3, -0.25) is 0 Å². The largest absolute Gasteiger partial charge is 0.348 e. The quantitative estimate of drug-likeness (QED) is 0.897. The van der Waals surface area contributed by atoms with Crippen molar-refractivity contribution >= 4 is 16.5 Å². The van der Waals surface area contributed by atoms with Gasteiger partial charge in [0.2, 0.25) is 0 Å². The summed E-state index contributed by atoms with van der Waals surface area (Å²) in [7, 11) is 0. The maximum absolute atomic E-state index is 5.80. The molecule has 0 radical (unpaired) electrons. The summed E-state index contributed by atoms with van der Waals surface area (Å²) in [6, 6.07) is 0. The summed E-state index contributed by atoms with van der Waals surface area (Å²) < 4.78 is 0. The maximum Gasteiger partial charge on any atom is 0.185 e. The monoisotopic (exact) mass is 253 g/mol. The third-order valence-electron chi connectivity index (χ3n) is 3.70. The normalized spacial score (nSPS) is 24.6. The van der Waals surface area contributed by atoms with E-state index in [0.29, 0.717) is 6.54 Å². The van der Waals surface area contributed by atoms with Gasteiger partial charge in [0.05, 0.1) is 5.69 Å². The Morgan fingerprint density at radius 1 is 1.35 bits per heavy atom. The molecule has 0 spiro atoms. The molecule has 2 N–H and O–H groups in total. The Morgan fingerprint density at radius 2 is 2.00 bits per heavy atom. The standard InChI is InChI=1S/C13H23N3S/c1-4-5-11-12(6-14)17-13(15-11)16-7-9(2)10(3)8-16/h9-10H,4-8,14H2,1-3H3. The van der Waals surface area contributed by atoms with E-state index in [-0.39, 0.29) is 0 Å². The van der Waals surface area contributed by atoms with Gasteiger partial charge in [0.15, 0.2) is 5.13 Å². The van der Waals surface area contributed by atoms with Crippen LogP contribution in [0.3, 0.4) is 0 Å². The molecule has 3 nitrogen and oxygen atoms in total. The Morgan fingerprint density at radius 3 is 2.53 bits per heavy atom. The minimum atomic E-state index is 0.631. The minimum absolute atomic E-state index is 0.631. The van der Waals surface area contributed by atoms with Crippen LogP contribution in [0.15, 0.2) is 0 Å². The second kappa shape index (κ2) is 5.36. The number of anilines is 1. The van der Waals surface area contributed by atoms with E-state index in [1.807, 2.05) is 0 Å². The van der Waals surface area contributed by atoms with E-state index >= 15 is 0 Å². The van der Waals surface area contributed by atoms with Crippen LogP contribution in [-0.4, -0.2) is 18.1 Å². The topological polar surface area (TPSA) is 42.2 Å². The van der Waals surface area contributed by atoms with Crippen molar-refractivity contribution in [3.8, 4) is 0 Å². The molecular weight excluding hydrogens is 230 g/mol. The lowest BCUT2D eigenvalue weighted by atomic mass is 10.0. The number of thiazole rings is 1. The van der Waals surface area contributed by atoms with Crippen LogP contribution in [0.2, 0.25) is 0 Å². The van der Waals surface area contributed by atoms with Crippen LogP contribution in [0.1, 0.15) is 37.8 Å². The molecule has 0 aliphatic carbocycles. The summed E-state index contributed by atoms with van der Waals surface area (Å²) in [5, 5.41) is 1.19. The van der Waals surface area contributed by atoms with Crippen LogP contribution in [0.4, 0.5) is 5.13 Å². The van der Waals surface area contributed by atoms with Gasteiger partial charge in [-0.05, 0) is 18.3 Å². The van der Waals surface area contributed by atoms with Crippen LogP contribution < -0.4 is 10.6 Å². The van der Waals surface area contributed by atoms with E-state index in [1.54, 1.807) is 11.3 Å². The number of rotatable bonds is 4. The number of aryl methyl sites for hydroxylation is 1. The lowest BCUT2D eigenvalue weighted by molar-refractivity contribution is 0.494. The Hall–Kier alpha value is -0.610. The van der Waals surface area contributed by atoms with Crippen LogP contribution in [0.5, 0.6) is 0 Å². The fourth-order valence-electron chi connectivity index (χ4n) is 2.38. The maximum atomic E-state index is 5.80. The molecule has 1 aliphatic heterocycles. The van der Waals surface area contributed by atoms with Crippen LogP contribution >= 0.6 is 11.3 Å². The summed E-state index contributed by atoms with van der Waals surface area (Å²) in [5.74, 6) is 1.55. The minimum Gasteiger partial charge on any atom is -0.348 e. The molecule has 1 saturated heterocycles. The average molecular weight is 253 g/mol. The molecule has 17 heavy (non-hydrogen) atoms. The number of hydrogen-bond donors (Lipinski definition) is 1. The zero-order valence-corrected chi connectivity index (χ0v) is 11.9. The van der Waals surface area contributed by atoms with Crippen molar-refractivity contribution in [1.82, 2.24) is 4.98 Å². The van der Waals surface area contributed by atoms with E-state index in [0.717, 1.165) is 37.8 Å². The van der Waals surface area contributed by atoms with Gasteiger partial charge in [0, 0.05) is 24.5 Å². The van der Waals surface area contributed by atoms with Crippen LogP contribution in [0, 0.1) is 11.8 Å². The van der Waals surface area contributed by atoms with Crippen LogP contribution in [0.25, 0.3) is 0 Å². The molecule has 0 aromatic carbocycles. The molecule has 2 unspecified atom stereocenters. The lowest BCUT2D eigenvalue weighted by Gasteiger charge is -2.13. The molecule has 2 rings (SSSR count). The van der Waals surface area contributed by atoms with E-state index in [1.165, 1.54) is 15.7 Å². The Balaban J connectivity index is 2.16. The molecule has 0 amide bonds. The zero-order chi connectivity index (χ0) is 12.4. The summed E-state index contributed by atoms with van der Waals surface area (Å²) in [6.45, 7) is 9.77. The van der Waals surface area contributed by atoms with E-state index in [4.69, 9.17) is 10.7 Å². The van der Waals surface area contributed by atoms with Crippen molar-refractivity contribution in [2.45, 2.75) is 40.2 Å². The molecule has 1 aromatic rings. The first kappa shape index (κ1) is 12.8. The molecule has 96 valence electrons. The first-order valence-corrected chi connectivity index (χ1v) is 7.41. The van der Waals surface area contributed by atoms with Gasteiger partial charge in [-0.25, -0.2) is 4.98 Å². The second-order valence-electron chi connectivity index (χ2n) is 5.18. The molecule has 0 saturated carbocycles. The fraction of sp³-hybridized carbons (Fsp3) is 0.769. The fourth-order valence-corrected chi connectivity index (χ4v) is 3.39. The predicted octanol–water partition coefficient (Wildman–Crippen LogP) is 2.65. The molecule has 4 heteroatoms. The SMILES string of the molecule is CCCc1nc(N2CC(C)C(C)C2)sc1CN. The van der Waals surface area contributed by atoms with E-state index in [9.17, 15) is 0 Å². The van der Waals surface area contributed by atoms with Gasteiger partial charge in [-0.2, -0.15) is 0 Å². The van der Waals surface area contributed by atoms with Gasteiger partial charge in [-0.1, -0.05) is 27.2 Å². The molecule has 1 fully saturated rings. The molecule has 0 bridgehead atoms. The Kier molecular flexibility index (Phi) is 4.05. The molecule has 1 aromatic heterocycles. The summed E-state index contributed by atoms with van der Waals surface area (Å²) >= 11 is 1.79. The highest BCUT2D eigenvalue weighted by Crippen LogP contribution is 2.32. The third kappa shape index (κ3) is 2.63. The highest BCUT2D eigenvalue weighted by molar-refractivity contribution is 7.15. The van der Waals surface area contributed by atoms with Crippen molar-refractivity contribution in [2.75, 3.05) is 18.0 Å². The van der Waals surface area contributed by atoms with Crippen molar-refractivity contribution in [1.29, 1.82) is 0 Å². The van der Waals surface area contributed by atoms with Gasteiger partial charge in [0.25, 0.3) is 0 Å². The van der Waals surface area contributed by atoms with Gasteiger partial charge < -0.3 is 10.6 Å². The summed E-state index contributed by atoms with van der Waals surface area (Å²) in [5.41, 5.74) is 7.02. The smallest absolute Gasteiger partial charge is 0.185 e. The molecule has 2 heterocycles. The van der Waals surface area contributed by atoms with E-state index < -0.39 is 0 Å². The number of hydrogen-bond acceptors (Lipinski definition) is 4. The third-order valence-corrected chi connectivity index (χ3v) is 4.88. The number of aromatic nitrogens is 1. The first-order valence-electron chi connectivity index (χ1n) is 6.59. The number of nitrogens with two attached hydrogens (primary N) is 1. The van der Waals surface area contributed by atoms with Crippen LogP contribution in [-0.2, 0) is 13.0 Å². The molecular formula is C13H23N3S. The lowest BCUT2D eigenvalue weighted by Crippen LogP contribution is -2.19. The molecule has 2 atom stereocenters. The van der Waals surface area contributed by atoms with E-state index in [2.05, 4.69) is 25.7 Å². The van der Waals surface area contributed by atoms with Crippen molar-refractivity contribution < 1.29 is 0 Å². The average Bonchev–Trinajstić information content (AvgIpc) is 2.84.